The van der Waals surface area contributed by atoms with E-state index in [0.29, 0.717) is 0 Å². The number of aromatic nitrogens is 5. The molecule has 0 bridgehead atoms. The Bertz CT molecular complexity index is 1820. The summed E-state index contributed by atoms with van der Waals surface area (Å²) in [5.74, 6) is -0.862. The predicted octanol–water partition coefficient (Wildman–Crippen LogP) is -6.53. The fraction of sp³-hybridized carbons (Fsp3) is 0.476. The molecule has 5 heterocycles. The van der Waals surface area contributed by atoms with Gasteiger partial charge in [0, 0.05) is 6.07 Å². The second-order valence-corrected chi connectivity index (χ2v) is 14.4. The monoisotopic (exact) mass is 766 g/mol. The molecule has 49 heavy (non-hydrogen) atoms. The molecule has 0 radical (unpaired) electrons. The van der Waals surface area contributed by atoms with Crippen LogP contribution in [0.1, 0.15) is 22.8 Å². The normalized spacial score (nSPS) is 29.7. The molecule has 2 aliphatic heterocycles. The van der Waals surface area contributed by atoms with Gasteiger partial charge in [0.2, 0.25) is 0 Å². The summed E-state index contributed by atoms with van der Waals surface area (Å²) in [7, 11) is -16.6. The molecule has 5 rings (SSSR count). The number of ether oxygens (including phenoxy) is 2. The van der Waals surface area contributed by atoms with Crippen molar-refractivity contribution in [2.24, 2.45) is 5.73 Å². The summed E-state index contributed by atoms with van der Waals surface area (Å²) in [4.78, 5) is 64.4. The maximum absolute atomic E-state index is 12.5. The molecule has 264 valence electrons. The van der Waals surface area contributed by atoms with E-state index in [0.717, 1.165) is 17.2 Å². The maximum atomic E-state index is 12.5. The molecule has 3 aromatic heterocycles. The molecule has 0 aromatic carbocycles. The number of amides is 1. The molecule has 2 fully saturated rings. The Kier molecular flexibility index (Phi) is 12.5. The number of phosphoric ester groups is 3. The van der Waals surface area contributed by atoms with Crippen molar-refractivity contribution < 1.29 is 115 Å². The SMILES string of the molecule is NC(=O)c1ccc[n+]([C@@H]2O[C@H](COP(=O)([O-])OP(=O)(O)OC[C@H]3O[C@@H](n4cnc5c(N)ncnc54)[C@H](OP(=O)(O)O)[C@@H]3O)[C@@H](O)[C@H]2O)c1.[Na+]. The molecule has 2 saturated heterocycles. The number of hydrogen-bond acceptors (Lipinski definition) is 18. The van der Waals surface area contributed by atoms with E-state index in [-0.39, 0.29) is 52.1 Å². The van der Waals surface area contributed by atoms with Crippen molar-refractivity contribution in [2.75, 3.05) is 18.9 Å². The second kappa shape index (κ2) is 15.4. The van der Waals surface area contributed by atoms with Crippen molar-refractivity contribution in [2.45, 2.75) is 49.1 Å². The third-order valence-electron chi connectivity index (χ3n) is 6.97. The number of pyridine rings is 1. The van der Waals surface area contributed by atoms with Gasteiger partial charge < -0.3 is 60.4 Å². The Balaban J connectivity index is 0.00000541. The first-order valence-corrected chi connectivity index (χ1v) is 17.8. The molecule has 3 aromatic rings. The minimum atomic E-state index is -5.72. The first-order valence-electron chi connectivity index (χ1n) is 13.3. The van der Waals surface area contributed by atoms with E-state index in [1.54, 1.807) is 0 Å². The van der Waals surface area contributed by atoms with Crippen molar-refractivity contribution in [1.29, 1.82) is 0 Å². The zero-order valence-corrected chi connectivity index (χ0v) is 29.6. The zero-order chi connectivity index (χ0) is 35.2. The van der Waals surface area contributed by atoms with Crippen molar-refractivity contribution in [3.05, 3.63) is 42.7 Å². The topological polar surface area (TPSA) is 368 Å². The van der Waals surface area contributed by atoms with Crippen LogP contribution in [0, 0.1) is 0 Å². The summed E-state index contributed by atoms with van der Waals surface area (Å²) in [5, 5.41) is 31.5. The van der Waals surface area contributed by atoms with Crippen LogP contribution in [0.5, 0.6) is 0 Å². The van der Waals surface area contributed by atoms with Gasteiger partial charge in [0.25, 0.3) is 20.0 Å². The van der Waals surface area contributed by atoms with E-state index < -0.39 is 91.7 Å². The van der Waals surface area contributed by atoms with Gasteiger partial charge in [-0.15, -0.1) is 0 Å². The fourth-order valence-corrected chi connectivity index (χ4v) is 7.42. The predicted molar refractivity (Wildman–Crippen MR) is 148 cm³/mol. The Morgan fingerprint density at radius 2 is 1.69 bits per heavy atom. The molecule has 0 saturated carbocycles. The third-order valence-corrected chi connectivity index (χ3v) is 10.1. The third kappa shape index (κ3) is 9.33. The van der Waals surface area contributed by atoms with Crippen molar-refractivity contribution in [3.63, 3.8) is 0 Å². The summed E-state index contributed by atoms with van der Waals surface area (Å²) in [6.07, 6.45) is -8.59. The van der Waals surface area contributed by atoms with Crippen LogP contribution < -0.4 is 50.5 Å². The van der Waals surface area contributed by atoms with Crippen LogP contribution in [0.3, 0.4) is 0 Å². The molecule has 0 aliphatic carbocycles. The largest absolute Gasteiger partial charge is 1.00 e. The number of rotatable bonds is 13. The number of anilines is 1. The minimum Gasteiger partial charge on any atom is -0.756 e. The summed E-state index contributed by atoms with van der Waals surface area (Å²) in [5.41, 5.74) is 11.1. The van der Waals surface area contributed by atoms with E-state index in [9.17, 15) is 53.4 Å². The molecule has 2 aliphatic rings. The Labute approximate surface area is 296 Å². The van der Waals surface area contributed by atoms with Crippen molar-refractivity contribution in [3.8, 4) is 0 Å². The van der Waals surface area contributed by atoms with Gasteiger partial charge in [-0.05, 0) is 6.07 Å². The molecule has 28 heteroatoms. The smallest absolute Gasteiger partial charge is 0.756 e. The Morgan fingerprint density at radius 1 is 1.02 bits per heavy atom. The standard InChI is InChI=1S/C21H28N7O17P3.Na/c22-17-12-19(25-7-24-17)28(8-26-12)21-16(44-46(33,34)35)14(30)11(43-21)6-41-48(38,39)45-47(36,37)40-5-10-13(29)15(31)20(42-10)27-3-1-2-9(4-27)18(23)32;/h1-4,7-8,10-11,13-16,20-21,29-31H,5-6H2,(H7-,22,23,24,25,32,33,34,35,36,37,38,39);/q;+1/t10-,11-,13-,14-,15-,16-,20-,21-;/m1./s1. The number of fused-ring (bicyclic) bond motifs is 1. The van der Waals surface area contributed by atoms with E-state index in [4.69, 9.17) is 20.9 Å². The quantitative estimate of drug-likeness (QED) is 0.0455. The van der Waals surface area contributed by atoms with Gasteiger partial charge in [0.15, 0.2) is 36.2 Å². The number of hydrogen-bond donors (Lipinski definition) is 8. The minimum absolute atomic E-state index is 0. The molecule has 24 nitrogen and oxygen atoms in total. The van der Waals surface area contributed by atoms with Gasteiger partial charge in [0.05, 0.1) is 19.5 Å². The van der Waals surface area contributed by atoms with Crippen LogP contribution in [0.15, 0.2) is 37.2 Å². The zero-order valence-electron chi connectivity index (χ0n) is 24.9. The number of carbonyl (C=O) groups is 1. The van der Waals surface area contributed by atoms with E-state index in [2.05, 4.69) is 32.8 Å². The van der Waals surface area contributed by atoms with Gasteiger partial charge >= 0.3 is 45.2 Å². The fourth-order valence-electron chi connectivity index (χ4n) is 4.82. The molecular formula is C21H28N7NaO17P3+. The molecule has 2 unspecified atom stereocenters. The van der Waals surface area contributed by atoms with E-state index in [1.165, 1.54) is 29.1 Å². The average Bonchev–Trinajstić information content (AvgIpc) is 3.64. The number of nitrogens with zero attached hydrogens (tertiary/aromatic N) is 5. The summed E-state index contributed by atoms with van der Waals surface area (Å²) < 4.78 is 67.9. The number of aliphatic hydroxyl groups excluding tert-OH is 3. The van der Waals surface area contributed by atoms with Crippen LogP contribution in [0.25, 0.3) is 11.2 Å². The van der Waals surface area contributed by atoms with Gasteiger partial charge in [-0.3, -0.25) is 23.0 Å². The summed E-state index contributed by atoms with van der Waals surface area (Å²) in [6.45, 7) is -2.12. The van der Waals surface area contributed by atoms with Gasteiger partial charge in [0.1, 0.15) is 47.9 Å². The summed E-state index contributed by atoms with van der Waals surface area (Å²) in [6, 6.07) is 2.77. The number of nitrogen functional groups attached to an aromatic ring is 1. The van der Waals surface area contributed by atoms with Crippen LogP contribution in [-0.4, -0.2) is 105 Å². The number of aliphatic hydroxyl groups is 3. The van der Waals surface area contributed by atoms with E-state index in [1.807, 2.05) is 0 Å². The second-order valence-electron chi connectivity index (χ2n) is 10.2. The van der Waals surface area contributed by atoms with Gasteiger partial charge in [-0.2, -0.15) is 4.57 Å². The van der Waals surface area contributed by atoms with E-state index >= 15 is 0 Å². The number of carbonyl (C=O) groups excluding carboxylic acids is 1. The van der Waals surface area contributed by atoms with Crippen molar-refractivity contribution >= 4 is 46.4 Å². The average molecular weight is 766 g/mol. The number of imidazole rings is 1. The van der Waals surface area contributed by atoms with Crippen LogP contribution in [0.4, 0.5) is 5.82 Å². The molecule has 10 N–H and O–H groups in total. The molecule has 0 spiro atoms. The number of primary amides is 1. The number of phosphoric acid groups is 3. The maximum Gasteiger partial charge on any atom is 1.00 e. The van der Waals surface area contributed by atoms with Gasteiger partial charge in [-0.25, -0.2) is 28.4 Å². The Hall–Kier alpha value is -1.86. The summed E-state index contributed by atoms with van der Waals surface area (Å²) >= 11 is 0. The van der Waals surface area contributed by atoms with Gasteiger partial charge in [-0.1, -0.05) is 0 Å². The van der Waals surface area contributed by atoms with Crippen molar-refractivity contribution in [1.82, 2.24) is 19.5 Å². The van der Waals surface area contributed by atoms with Crippen LogP contribution in [0.2, 0.25) is 0 Å². The van der Waals surface area contributed by atoms with Crippen LogP contribution in [-0.2, 0) is 41.1 Å². The number of nitrogens with two attached hydrogens (primary N) is 2. The first kappa shape index (κ1) is 39.9. The first-order chi connectivity index (χ1) is 22.4. The van der Waals surface area contributed by atoms with Crippen LogP contribution >= 0.6 is 23.5 Å². The Morgan fingerprint density at radius 3 is 2.37 bits per heavy atom. The molecule has 10 atom stereocenters. The molecule has 1 amide bonds. The molecular weight excluding hydrogens is 738 g/mol.